The number of carbonyl (C=O) groups is 3. The maximum absolute atomic E-state index is 12.8. The summed E-state index contributed by atoms with van der Waals surface area (Å²) in [6.45, 7) is 7.75. The Morgan fingerprint density at radius 1 is 1.00 bits per heavy atom. The van der Waals surface area contributed by atoms with Crippen molar-refractivity contribution in [3.63, 3.8) is 0 Å². The van der Waals surface area contributed by atoms with Crippen molar-refractivity contribution in [3.05, 3.63) is 77.4 Å². The van der Waals surface area contributed by atoms with Crippen molar-refractivity contribution in [2.75, 3.05) is 31.1 Å². The highest BCUT2D eigenvalue weighted by Crippen LogP contribution is 2.33. The van der Waals surface area contributed by atoms with Gasteiger partial charge in [0, 0.05) is 49.0 Å². The van der Waals surface area contributed by atoms with Crippen LogP contribution in [0.2, 0.25) is 0 Å². The molecule has 37 heavy (non-hydrogen) atoms. The van der Waals surface area contributed by atoms with E-state index in [1.807, 2.05) is 0 Å². The summed E-state index contributed by atoms with van der Waals surface area (Å²) in [6, 6.07) is 17.2. The van der Waals surface area contributed by atoms with Crippen molar-refractivity contribution in [2.45, 2.75) is 52.0 Å². The molecule has 198 valence electrons. The highest BCUT2D eigenvalue weighted by molar-refractivity contribution is 6.02. The van der Waals surface area contributed by atoms with Gasteiger partial charge in [0.05, 0.1) is 0 Å². The van der Waals surface area contributed by atoms with Crippen LogP contribution in [0.3, 0.4) is 0 Å². The van der Waals surface area contributed by atoms with Gasteiger partial charge < -0.3 is 15.1 Å². The number of Topliss-reactive ketones (excluding diaryl/α,β-unsaturated/α-hetero) is 1. The molecule has 1 fully saturated rings. The molecule has 0 bridgehead atoms. The first kappa shape index (κ1) is 28.1. The molecular weight excluding hydrogens is 468 g/mol. The van der Waals surface area contributed by atoms with Crippen molar-refractivity contribution in [1.82, 2.24) is 4.90 Å². The van der Waals surface area contributed by atoms with E-state index in [1.54, 1.807) is 0 Å². The molecule has 1 aliphatic heterocycles. The zero-order chi connectivity index (χ0) is 26.6. The first-order chi connectivity index (χ1) is 17.9. The van der Waals surface area contributed by atoms with Crippen LogP contribution in [-0.2, 0) is 22.6 Å². The van der Waals surface area contributed by atoms with Gasteiger partial charge in [0.2, 0.25) is 0 Å². The topological polar surface area (TPSA) is 98.2 Å². The van der Waals surface area contributed by atoms with Crippen molar-refractivity contribution in [3.8, 4) is 0 Å². The molecule has 1 aliphatic carbocycles. The zero-order valence-corrected chi connectivity index (χ0v) is 21.6. The second-order valence-electron chi connectivity index (χ2n) is 9.66. The quantitative estimate of drug-likeness (QED) is 0.325. The van der Waals surface area contributed by atoms with Crippen molar-refractivity contribution >= 4 is 23.4 Å². The SMILES string of the molecule is CCN(CCCCC1Cc2cc(N3CCCC3)ccc2C1=O)Cc1ccccc1.O=C(O)C=CC(=O)O. The molecule has 1 heterocycles. The molecule has 1 atom stereocenters. The lowest BCUT2D eigenvalue weighted by molar-refractivity contribution is -0.134. The van der Waals surface area contributed by atoms with E-state index in [0.29, 0.717) is 17.9 Å². The number of rotatable bonds is 11. The van der Waals surface area contributed by atoms with Crippen LogP contribution in [0, 0.1) is 5.92 Å². The summed E-state index contributed by atoms with van der Waals surface area (Å²) in [4.78, 5) is 36.9. The fourth-order valence-corrected chi connectivity index (χ4v) is 5.03. The van der Waals surface area contributed by atoms with Crippen LogP contribution in [-0.4, -0.2) is 59.0 Å². The molecule has 0 saturated carbocycles. The summed E-state index contributed by atoms with van der Waals surface area (Å²) < 4.78 is 0. The number of nitrogens with zero attached hydrogens (tertiary/aromatic N) is 2. The number of unbranched alkanes of at least 4 members (excludes halogenated alkanes) is 1. The van der Waals surface area contributed by atoms with E-state index in [4.69, 9.17) is 10.2 Å². The normalized spacial score (nSPS) is 16.6. The van der Waals surface area contributed by atoms with E-state index in [-0.39, 0.29) is 5.92 Å². The van der Waals surface area contributed by atoms with E-state index in [0.717, 1.165) is 57.5 Å². The Balaban J connectivity index is 0.000000414. The molecule has 2 N–H and O–H groups in total. The maximum Gasteiger partial charge on any atom is 0.328 e. The minimum absolute atomic E-state index is 0.197. The molecule has 2 aliphatic rings. The standard InChI is InChI=1S/C26H34N2O.C4H4O4/c1-2-27(20-21-10-4-3-5-11-21)15-7-6-12-22-18-23-19-24(28-16-8-9-17-28)13-14-25(23)26(22)29;5-3(6)1-2-4(7)8/h3-5,10-11,13-14,19,22H,2,6-9,12,15-18,20H2,1H3;1-2H,(H,5,6)(H,7,8). The molecule has 1 saturated heterocycles. The highest BCUT2D eigenvalue weighted by atomic mass is 16.4. The Morgan fingerprint density at radius 3 is 2.30 bits per heavy atom. The van der Waals surface area contributed by atoms with E-state index < -0.39 is 11.9 Å². The first-order valence-corrected chi connectivity index (χ1v) is 13.2. The number of anilines is 1. The summed E-state index contributed by atoms with van der Waals surface area (Å²) >= 11 is 0. The van der Waals surface area contributed by atoms with Crippen LogP contribution in [0.15, 0.2) is 60.7 Å². The largest absolute Gasteiger partial charge is 0.478 e. The zero-order valence-electron chi connectivity index (χ0n) is 21.6. The van der Waals surface area contributed by atoms with E-state index in [1.165, 1.54) is 36.1 Å². The number of benzene rings is 2. The van der Waals surface area contributed by atoms with Gasteiger partial charge in [-0.25, -0.2) is 9.59 Å². The minimum Gasteiger partial charge on any atom is -0.478 e. The average molecular weight is 507 g/mol. The van der Waals surface area contributed by atoms with Gasteiger partial charge >= 0.3 is 11.9 Å². The van der Waals surface area contributed by atoms with Gasteiger partial charge in [-0.1, -0.05) is 43.7 Å². The molecule has 0 aromatic heterocycles. The monoisotopic (exact) mass is 506 g/mol. The molecule has 1 unspecified atom stereocenters. The fraction of sp³-hybridized carbons (Fsp3) is 0.433. The van der Waals surface area contributed by atoms with Crippen LogP contribution in [0.4, 0.5) is 5.69 Å². The third-order valence-electron chi connectivity index (χ3n) is 7.00. The van der Waals surface area contributed by atoms with Crippen LogP contribution in [0.1, 0.15) is 60.5 Å². The van der Waals surface area contributed by atoms with Crippen LogP contribution >= 0.6 is 0 Å². The van der Waals surface area contributed by atoms with Crippen molar-refractivity contribution < 1.29 is 24.6 Å². The molecule has 2 aromatic carbocycles. The van der Waals surface area contributed by atoms with Gasteiger partial charge in [-0.3, -0.25) is 9.69 Å². The third kappa shape index (κ3) is 8.86. The second-order valence-corrected chi connectivity index (χ2v) is 9.66. The van der Waals surface area contributed by atoms with Gasteiger partial charge in [0.1, 0.15) is 0 Å². The third-order valence-corrected chi connectivity index (χ3v) is 7.00. The van der Waals surface area contributed by atoms with Crippen molar-refractivity contribution in [2.24, 2.45) is 5.92 Å². The number of aliphatic carboxylic acids is 2. The predicted molar refractivity (Wildman–Crippen MR) is 145 cm³/mol. The molecule has 2 aromatic rings. The van der Waals surface area contributed by atoms with Gasteiger partial charge in [-0.05, 0) is 74.5 Å². The van der Waals surface area contributed by atoms with E-state index in [2.05, 4.69) is 65.3 Å². The lowest BCUT2D eigenvalue weighted by atomic mass is 9.98. The number of hydrogen-bond donors (Lipinski definition) is 2. The van der Waals surface area contributed by atoms with Crippen LogP contribution in [0.5, 0.6) is 0 Å². The smallest absolute Gasteiger partial charge is 0.328 e. The van der Waals surface area contributed by atoms with Crippen LogP contribution < -0.4 is 4.90 Å². The summed E-state index contributed by atoms with van der Waals surface area (Å²) in [5.74, 6) is -1.94. The van der Waals surface area contributed by atoms with E-state index >= 15 is 0 Å². The van der Waals surface area contributed by atoms with Crippen LogP contribution in [0.25, 0.3) is 0 Å². The Bertz CT molecular complexity index is 1060. The number of carbonyl (C=O) groups excluding carboxylic acids is 1. The number of ketones is 1. The molecule has 0 radical (unpaired) electrons. The van der Waals surface area contributed by atoms with Crippen molar-refractivity contribution in [1.29, 1.82) is 0 Å². The lowest BCUT2D eigenvalue weighted by Gasteiger charge is -2.20. The minimum atomic E-state index is -1.26. The molecule has 0 amide bonds. The predicted octanol–water partition coefficient (Wildman–Crippen LogP) is 5.05. The number of hydrogen-bond acceptors (Lipinski definition) is 5. The van der Waals surface area contributed by atoms with E-state index in [9.17, 15) is 14.4 Å². The molecule has 0 spiro atoms. The Morgan fingerprint density at radius 2 is 1.68 bits per heavy atom. The Labute approximate surface area is 219 Å². The first-order valence-electron chi connectivity index (χ1n) is 13.2. The van der Waals surface area contributed by atoms with Gasteiger partial charge in [-0.2, -0.15) is 0 Å². The van der Waals surface area contributed by atoms with Gasteiger partial charge in [-0.15, -0.1) is 0 Å². The van der Waals surface area contributed by atoms with Gasteiger partial charge in [0.15, 0.2) is 5.78 Å². The summed E-state index contributed by atoms with van der Waals surface area (Å²) in [5, 5.41) is 15.6. The molecule has 4 rings (SSSR count). The number of carboxylic acids is 2. The second kappa shape index (κ2) is 14.3. The summed E-state index contributed by atoms with van der Waals surface area (Å²) in [7, 11) is 0. The molecular formula is C30H38N2O5. The Hall–Kier alpha value is -3.45. The number of fused-ring (bicyclic) bond motifs is 1. The number of carboxylic acid groups (broad SMARTS) is 2. The maximum atomic E-state index is 12.8. The highest BCUT2D eigenvalue weighted by Gasteiger charge is 2.30. The summed E-state index contributed by atoms with van der Waals surface area (Å²) in [6.07, 6.45) is 7.96. The summed E-state index contributed by atoms with van der Waals surface area (Å²) in [5.41, 5.74) is 4.96. The fourth-order valence-electron chi connectivity index (χ4n) is 5.03. The Kier molecular flexibility index (Phi) is 10.9. The lowest BCUT2D eigenvalue weighted by Crippen LogP contribution is -2.24. The molecule has 7 nitrogen and oxygen atoms in total. The molecule has 7 heteroatoms. The van der Waals surface area contributed by atoms with Gasteiger partial charge in [0.25, 0.3) is 0 Å². The average Bonchev–Trinajstić information content (AvgIpc) is 3.54.